The minimum Gasteiger partial charge on any atom is -0.497 e. The molecule has 2 N–H and O–H groups in total. The van der Waals surface area contributed by atoms with E-state index in [0.717, 1.165) is 33.7 Å². The molecule has 0 aliphatic heterocycles. The van der Waals surface area contributed by atoms with Gasteiger partial charge >= 0.3 is 0 Å². The van der Waals surface area contributed by atoms with Gasteiger partial charge in [-0.2, -0.15) is 5.10 Å². The number of H-pyrrole nitrogens is 1. The first-order chi connectivity index (χ1) is 14.1. The average molecular weight is 388 g/mol. The van der Waals surface area contributed by atoms with Crippen LogP contribution in [0.4, 0.5) is 0 Å². The lowest BCUT2D eigenvalue weighted by atomic mass is 10.1. The van der Waals surface area contributed by atoms with Crippen molar-refractivity contribution in [2.45, 2.75) is 13.5 Å². The summed E-state index contributed by atoms with van der Waals surface area (Å²) in [6.07, 6.45) is 1.69. The number of benzene rings is 2. The number of carbonyl (C=O) groups excluding carboxylic acids is 1. The van der Waals surface area contributed by atoms with E-state index in [-0.39, 0.29) is 11.6 Å². The Morgan fingerprint density at radius 1 is 1.10 bits per heavy atom. The van der Waals surface area contributed by atoms with Gasteiger partial charge in [0.15, 0.2) is 11.5 Å². The number of aryl methyl sites for hydroxylation is 1. The summed E-state index contributed by atoms with van der Waals surface area (Å²) < 4.78 is 10.5. The van der Waals surface area contributed by atoms with Crippen molar-refractivity contribution in [3.05, 3.63) is 77.6 Å². The predicted octanol–water partition coefficient (Wildman–Crippen LogP) is 3.98. The van der Waals surface area contributed by atoms with Crippen LogP contribution in [0.3, 0.4) is 0 Å². The SMILES string of the molecule is COc1ccc(-c2[nH]ncc2CNC(=O)c2cc(-c3ccc(C)cc3)on2)cc1. The highest BCUT2D eigenvalue weighted by molar-refractivity contribution is 5.93. The summed E-state index contributed by atoms with van der Waals surface area (Å²) >= 11 is 0. The van der Waals surface area contributed by atoms with Crippen LogP contribution in [0.2, 0.25) is 0 Å². The van der Waals surface area contributed by atoms with Crippen molar-refractivity contribution in [1.29, 1.82) is 0 Å². The van der Waals surface area contributed by atoms with E-state index in [4.69, 9.17) is 9.26 Å². The quantitative estimate of drug-likeness (QED) is 0.521. The molecule has 0 atom stereocenters. The number of hydrogen-bond donors (Lipinski definition) is 2. The van der Waals surface area contributed by atoms with E-state index in [1.165, 1.54) is 0 Å². The summed E-state index contributed by atoms with van der Waals surface area (Å²) in [6.45, 7) is 2.32. The lowest BCUT2D eigenvalue weighted by molar-refractivity contribution is 0.0942. The maximum atomic E-state index is 12.5. The van der Waals surface area contributed by atoms with Crippen LogP contribution in [0.15, 0.2) is 65.3 Å². The molecule has 1 amide bonds. The molecular weight excluding hydrogens is 368 g/mol. The zero-order valence-electron chi connectivity index (χ0n) is 16.1. The van der Waals surface area contributed by atoms with Crippen molar-refractivity contribution in [2.24, 2.45) is 0 Å². The second-order valence-corrected chi connectivity index (χ2v) is 6.62. The topological polar surface area (TPSA) is 93.0 Å². The fraction of sp³-hybridized carbons (Fsp3) is 0.136. The molecule has 0 aliphatic carbocycles. The second-order valence-electron chi connectivity index (χ2n) is 6.62. The van der Waals surface area contributed by atoms with Crippen LogP contribution in [0.25, 0.3) is 22.6 Å². The predicted molar refractivity (Wildman–Crippen MR) is 108 cm³/mol. The minimum absolute atomic E-state index is 0.232. The molecule has 0 saturated carbocycles. The fourth-order valence-electron chi connectivity index (χ4n) is 2.95. The normalized spacial score (nSPS) is 10.7. The number of amides is 1. The van der Waals surface area contributed by atoms with E-state index in [1.54, 1.807) is 19.4 Å². The Balaban J connectivity index is 1.44. The number of aromatic amines is 1. The molecule has 0 bridgehead atoms. The molecule has 29 heavy (non-hydrogen) atoms. The molecule has 2 aromatic heterocycles. The molecule has 4 aromatic rings. The van der Waals surface area contributed by atoms with Crippen LogP contribution < -0.4 is 10.1 Å². The van der Waals surface area contributed by atoms with E-state index >= 15 is 0 Å². The molecule has 146 valence electrons. The monoisotopic (exact) mass is 388 g/mol. The molecule has 0 spiro atoms. The van der Waals surface area contributed by atoms with Crippen LogP contribution in [-0.4, -0.2) is 28.4 Å². The van der Waals surface area contributed by atoms with Gasteiger partial charge in [-0.25, -0.2) is 0 Å². The Morgan fingerprint density at radius 2 is 1.83 bits per heavy atom. The van der Waals surface area contributed by atoms with Gasteiger partial charge in [0, 0.05) is 29.3 Å². The van der Waals surface area contributed by atoms with Gasteiger partial charge in [0.05, 0.1) is 19.0 Å². The number of methoxy groups -OCH3 is 1. The smallest absolute Gasteiger partial charge is 0.273 e. The first kappa shape index (κ1) is 18.5. The number of hydrogen-bond acceptors (Lipinski definition) is 5. The van der Waals surface area contributed by atoms with Crippen LogP contribution in [0, 0.1) is 6.92 Å². The third kappa shape index (κ3) is 4.03. The van der Waals surface area contributed by atoms with Gasteiger partial charge in [-0.05, 0) is 31.2 Å². The number of nitrogens with one attached hydrogen (secondary N) is 2. The maximum absolute atomic E-state index is 12.5. The summed E-state index contributed by atoms with van der Waals surface area (Å²) in [6, 6.07) is 17.1. The van der Waals surface area contributed by atoms with Crippen LogP contribution in [0.1, 0.15) is 21.6 Å². The highest BCUT2D eigenvalue weighted by atomic mass is 16.5. The average Bonchev–Trinajstić information content (AvgIpc) is 3.42. The zero-order valence-corrected chi connectivity index (χ0v) is 16.1. The van der Waals surface area contributed by atoms with Gasteiger partial charge < -0.3 is 14.6 Å². The standard InChI is InChI=1S/C22H20N4O3/c1-14-3-5-15(6-4-14)20-11-19(26-29-20)22(27)23-12-17-13-24-25-21(17)16-7-9-18(28-2)10-8-16/h3-11,13H,12H2,1-2H3,(H,23,27)(H,24,25). The van der Waals surface area contributed by atoms with E-state index in [0.29, 0.717) is 12.3 Å². The van der Waals surface area contributed by atoms with Gasteiger partial charge in [0.25, 0.3) is 5.91 Å². The first-order valence-electron chi connectivity index (χ1n) is 9.12. The molecule has 0 radical (unpaired) electrons. The van der Waals surface area contributed by atoms with Gasteiger partial charge in [-0.15, -0.1) is 0 Å². The number of aromatic nitrogens is 3. The lowest BCUT2D eigenvalue weighted by Gasteiger charge is -2.06. The van der Waals surface area contributed by atoms with E-state index in [1.807, 2.05) is 55.5 Å². The summed E-state index contributed by atoms with van der Waals surface area (Å²) in [4.78, 5) is 12.5. The lowest BCUT2D eigenvalue weighted by Crippen LogP contribution is -2.23. The Labute approximate surface area is 167 Å². The molecule has 0 fully saturated rings. The maximum Gasteiger partial charge on any atom is 0.273 e. The van der Waals surface area contributed by atoms with Crippen LogP contribution in [-0.2, 0) is 6.54 Å². The summed E-state index contributed by atoms with van der Waals surface area (Å²) in [5.74, 6) is 1.02. The van der Waals surface area contributed by atoms with Crippen LogP contribution in [0.5, 0.6) is 5.75 Å². The molecule has 7 heteroatoms. The largest absolute Gasteiger partial charge is 0.497 e. The van der Waals surface area contributed by atoms with Crippen molar-refractivity contribution < 1.29 is 14.1 Å². The van der Waals surface area contributed by atoms with Crippen molar-refractivity contribution in [3.63, 3.8) is 0 Å². The Bertz CT molecular complexity index is 1110. The Morgan fingerprint density at radius 3 is 2.55 bits per heavy atom. The summed E-state index contributed by atoms with van der Waals surface area (Å²) in [5, 5.41) is 13.8. The molecule has 2 heterocycles. The van der Waals surface area contributed by atoms with Crippen molar-refractivity contribution in [1.82, 2.24) is 20.7 Å². The third-order valence-corrected chi connectivity index (χ3v) is 4.61. The highest BCUT2D eigenvalue weighted by Gasteiger charge is 2.15. The second kappa shape index (κ2) is 8.02. The zero-order chi connectivity index (χ0) is 20.2. The third-order valence-electron chi connectivity index (χ3n) is 4.61. The molecular formula is C22H20N4O3. The molecule has 4 rings (SSSR count). The Kier molecular flexibility index (Phi) is 5.11. The first-order valence-corrected chi connectivity index (χ1v) is 9.12. The van der Waals surface area contributed by atoms with Crippen LogP contribution >= 0.6 is 0 Å². The molecule has 0 aliphatic rings. The number of nitrogens with zero attached hydrogens (tertiary/aromatic N) is 2. The van der Waals surface area contributed by atoms with E-state index < -0.39 is 0 Å². The highest BCUT2D eigenvalue weighted by Crippen LogP contribution is 2.24. The van der Waals surface area contributed by atoms with Crippen molar-refractivity contribution in [3.8, 4) is 28.3 Å². The molecule has 2 aromatic carbocycles. The molecule has 7 nitrogen and oxygen atoms in total. The Hall–Kier alpha value is -3.87. The fourth-order valence-corrected chi connectivity index (χ4v) is 2.95. The van der Waals surface area contributed by atoms with Gasteiger partial charge in [0.2, 0.25) is 0 Å². The summed E-state index contributed by atoms with van der Waals surface area (Å²) in [7, 11) is 1.63. The van der Waals surface area contributed by atoms with Gasteiger partial charge in [-0.3, -0.25) is 9.89 Å². The van der Waals surface area contributed by atoms with E-state index in [2.05, 4.69) is 20.7 Å². The van der Waals surface area contributed by atoms with Crippen molar-refractivity contribution in [2.75, 3.05) is 7.11 Å². The van der Waals surface area contributed by atoms with Crippen molar-refractivity contribution >= 4 is 5.91 Å². The minimum atomic E-state index is -0.311. The van der Waals surface area contributed by atoms with Gasteiger partial charge in [0.1, 0.15) is 5.75 Å². The molecule has 0 saturated heterocycles. The number of carbonyl (C=O) groups is 1. The van der Waals surface area contributed by atoms with Gasteiger partial charge in [-0.1, -0.05) is 35.0 Å². The number of rotatable bonds is 6. The molecule has 0 unspecified atom stereocenters. The summed E-state index contributed by atoms with van der Waals surface area (Å²) in [5.41, 5.74) is 4.92. The van der Waals surface area contributed by atoms with E-state index in [9.17, 15) is 4.79 Å². The number of ether oxygens (including phenoxy) is 1.